The van der Waals surface area contributed by atoms with Crippen molar-refractivity contribution in [1.29, 1.82) is 0 Å². The molecule has 1 N–H and O–H groups in total. The minimum absolute atomic E-state index is 0.245. The first-order valence-electron chi connectivity index (χ1n) is 4.88. The topological polar surface area (TPSA) is 80.5 Å². The predicted octanol–water partition coefficient (Wildman–Crippen LogP) is 1.61. The summed E-state index contributed by atoms with van der Waals surface area (Å²) in [7, 11) is 0. The zero-order valence-corrected chi connectivity index (χ0v) is 8.93. The first-order valence-corrected chi connectivity index (χ1v) is 4.88. The molecule has 0 saturated carbocycles. The first-order chi connectivity index (χ1) is 7.18. The molecular weight excluding hydrogens is 194 g/mol. The van der Waals surface area contributed by atoms with Gasteiger partial charge in [0.1, 0.15) is 6.33 Å². The minimum Gasteiger partial charge on any atom is -0.339 e. The lowest BCUT2D eigenvalue weighted by Crippen LogP contribution is -2.02. The molecule has 0 radical (unpaired) electrons. The van der Waals surface area contributed by atoms with E-state index in [1.807, 2.05) is 0 Å². The molecule has 1 unspecified atom stereocenters. The van der Waals surface area contributed by atoms with Crippen molar-refractivity contribution in [1.82, 2.24) is 25.3 Å². The molecule has 6 nitrogen and oxygen atoms in total. The van der Waals surface area contributed by atoms with Crippen LogP contribution in [0.3, 0.4) is 0 Å². The highest BCUT2D eigenvalue weighted by molar-refractivity contribution is 5.39. The number of hydrogen-bond acceptors (Lipinski definition) is 5. The summed E-state index contributed by atoms with van der Waals surface area (Å²) in [6.45, 7) is 6.29. The van der Waals surface area contributed by atoms with E-state index in [-0.39, 0.29) is 5.92 Å². The molecule has 0 bridgehead atoms. The molecule has 0 fully saturated rings. The fraction of sp³-hybridized carbons (Fsp3) is 0.556. The van der Waals surface area contributed by atoms with Gasteiger partial charge in [-0.25, -0.2) is 4.98 Å². The Kier molecular flexibility index (Phi) is 2.49. The summed E-state index contributed by atoms with van der Waals surface area (Å²) in [6.07, 6.45) is 1.41. The summed E-state index contributed by atoms with van der Waals surface area (Å²) >= 11 is 0. The number of aromatic amines is 1. The predicted molar refractivity (Wildman–Crippen MR) is 52.9 cm³/mol. The van der Waals surface area contributed by atoms with Gasteiger partial charge in [-0.05, 0) is 5.92 Å². The number of aromatic nitrogens is 5. The van der Waals surface area contributed by atoms with Crippen LogP contribution in [-0.4, -0.2) is 25.3 Å². The summed E-state index contributed by atoms with van der Waals surface area (Å²) in [5.41, 5.74) is 0. The molecule has 0 amide bonds. The molecule has 0 aromatic carbocycles. The van der Waals surface area contributed by atoms with Gasteiger partial charge < -0.3 is 4.52 Å². The van der Waals surface area contributed by atoms with Crippen molar-refractivity contribution in [3.05, 3.63) is 12.2 Å². The van der Waals surface area contributed by atoms with Gasteiger partial charge in [0, 0.05) is 5.92 Å². The smallest absolute Gasteiger partial charge is 0.239 e. The number of nitrogens with zero attached hydrogens (tertiary/aromatic N) is 4. The molecular formula is C9H13N5O. The Labute approximate surface area is 87.1 Å². The van der Waals surface area contributed by atoms with Gasteiger partial charge in [-0.1, -0.05) is 25.9 Å². The Bertz CT molecular complexity index is 419. The average molecular weight is 207 g/mol. The Balaban J connectivity index is 2.25. The quantitative estimate of drug-likeness (QED) is 0.827. The fourth-order valence-electron chi connectivity index (χ4n) is 1.11. The maximum Gasteiger partial charge on any atom is 0.239 e. The summed E-state index contributed by atoms with van der Waals surface area (Å²) in [5, 5.41) is 10.3. The van der Waals surface area contributed by atoms with E-state index < -0.39 is 0 Å². The van der Waals surface area contributed by atoms with Crippen LogP contribution in [0.2, 0.25) is 0 Å². The van der Waals surface area contributed by atoms with Crippen molar-refractivity contribution in [3.63, 3.8) is 0 Å². The molecule has 0 spiro atoms. The molecule has 6 heteroatoms. The zero-order chi connectivity index (χ0) is 10.8. The Morgan fingerprint density at radius 1 is 1.33 bits per heavy atom. The minimum atomic E-state index is 0.245. The van der Waals surface area contributed by atoms with Crippen LogP contribution in [0.5, 0.6) is 0 Å². The van der Waals surface area contributed by atoms with E-state index in [9.17, 15) is 0 Å². The number of H-pyrrole nitrogens is 1. The fourth-order valence-corrected chi connectivity index (χ4v) is 1.11. The maximum absolute atomic E-state index is 5.16. The second kappa shape index (κ2) is 3.80. The average Bonchev–Trinajstić information content (AvgIpc) is 2.86. The van der Waals surface area contributed by atoms with Crippen LogP contribution >= 0.6 is 0 Å². The monoisotopic (exact) mass is 207 g/mol. The van der Waals surface area contributed by atoms with Crippen molar-refractivity contribution in [2.24, 2.45) is 5.92 Å². The maximum atomic E-state index is 5.16. The van der Waals surface area contributed by atoms with E-state index in [0.29, 0.717) is 23.5 Å². The highest BCUT2D eigenvalue weighted by Crippen LogP contribution is 2.23. The van der Waals surface area contributed by atoms with E-state index in [1.165, 1.54) is 6.33 Å². The van der Waals surface area contributed by atoms with Gasteiger partial charge in [0.25, 0.3) is 0 Å². The van der Waals surface area contributed by atoms with Crippen molar-refractivity contribution in [2.45, 2.75) is 26.7 Å². The van der Waals surface area contributed by atoms with Gasteiger partial charge in [-0.3, -0.25) is 5.10 Å². The lowest BCUT2D eigenvalue weighted by Gasteiger charge is -2.08. The second-order valence-electron chi connectivity index (χ2n) is 3.82. The van der Waals surface area contributed by atoms with Crippen molar-refractivity contribution in [2.75, 3.05) is 0 Å². The molecule has 2 aromatic rings. The van der Waals surface area contributed by atoms with Crippen LogP contribution in [0.1, 0.15) is 32.6 Å². The van der Waals surface area contributed by atoms with Crippen LogP contribution in [0.25, 0.3) is 11.6 Å². The van der Waals surface area contributed by atoms with E-state index in [1.54, 1.807) is 0 Å². The molecule has 0 aliphatic carbocycles. The van der Waals surface area contributed by atoms with Gasteiger partial charge >= 0.3 is 0 Å². The van der Waals surface area contributed by atoms with Gasteiger partial charge in [-0.2, -0.15) is 10.1 Å². The highest BCUT2D eigenvalue weighted by atomic mass is 16.5. The van der Waals surface area contributed by atoms with Crippen LogP contribution in [0.4, 0.5) is 0 Å². The first kappa shape index (κ1) is 9.82. The lowest BCUT2D eigenvalue weighted by atomic mass is 9.98. The molecule has 15 heavy (non-hydrogen) atoms. The van der Waals surface area contributed by atoms with Crippen LogP contribution in [0.15, 0.2) is 10.9 Å². The summed E-state index contributed by atoms with van der Waals surface area (Å²) in [5.74, 6) is 2.33. The summed E-state index contributed by atoms with van der Waals surface area (Å²) < 4.78 is 5.16. The van der Waals surface area contributed by atoms with Crippen LogP contribution in [0, 0.1) is 5.92 Å². The third kappa shape index (κ3) is 1.88. The lowest BCUT2D eigenvalue weighted by molar-refractivity contribution is 0.332. The van der Waals surface area contributed by atoms with Crippen molar-refractivity contribution < 1.29 is 4.52 Å². The van der Waals surface area contributed by atoms with Crippen molar-refractivity contribution in [3.8, 4) is 11.6 Å². The van der Waals surface area contributed by atoms with E-state index in [4.69, 9.17) is 4.52 Å². The van der Waals surface area contributed by atoms with Crippen molar-refractivity contribution >= 4 is 0 Å². The summed E-state index contributed by atoms with van der Waals surface area (Å²) in [4.78, 5) is 8.21. The number of nitrogens with one attached hydrogen (secondary N) is 1. The normalized spacial score (nSPS) is 13.3. The standard InChI is InChI=1S/C9H13N5O/c1-5(2)6(3)9-12-8(14-15-9)7-10-4-11-13-7/h4-6H,1-3H3,(H,10,11,13). The number of rotatable bonds is 3. The molecule has 0 aliphatic rings. The molecule has 0 aliphatic heterocycles. The van der Waals surface area contributed by atoms with Gasteiger partial charge in [0.15, 0.2) is 5.82 Å². The zero-order valence-electron chi connectivity index (χ0n) is 8.93. The third-order valence-electron chi connectivity index (χ3n) is 2.46. The van der Waals surface area contributed by atoms with E-state index in [2.05, 4.69) is 46.1 Å². The molecule has 2 aromatic heterocycles. The molecule has 2 rings (SSSR count). The SMILES string of the molecule is CC(C)C(C)c1nc(-c2ncn[nH]2)no1. The largest absolute Gasteiger partial charge is 0.339 e. The van der Waals surface area contributed by atoms with Crippen LogP contribution in [-0.2, 0) is 0 Å². The molecule has 2 heterocycles. The third-order valence-corrected chi connectivity index (χ3v) is 2.46. The summed E-state index contributed by atoms with van der Waals surface area (Å²) in [6, 6.07) is 0. The molecule has 0 saturated heterocycles. The van der Waals surface area contributed by atoms with Gasteiger partial charge in [-0.15, -0.1) is 0 Å². The van der Waals surface area contributed by atoms with E-state index in [0.717, 1.165) is 0 Å². The molecule has 80 valence electrons. The van der Waals surface area contributed by atoms with E-state index >= 15 is 0 Å². The Hall–Kier alpha value is -1.72. The Morgan fingerprint density at radius 2 is 2.13 bits per heavy atom. The molecule has 1 atom stereocenters. The van der Waals surface area contributed by atoms with Crippen LogP contribution < -0.4 is 0 Å². The Morgan fingerprint density at radius 3 is 2.73 bits per heavy atom. The second-order valence-corrected chi connectivity index (χ2v) is 3.82. The van der Waals surface area contributed by atoms with Gasteiger partial charge in [0.05, 0.1) is 0 Å². The number of hydrogen-bond donors (Lipinski definition) is 1. The highest BCUT2D eigenvalue weighted by Gasteiger charge is 2.18. The van der Waals surface area contributed by atoms with Gasteiger partial charge in [0.2, 0.25) is 11.7 Å².